The summed E-state index contributed by atoms with van der Waals surface area (Å²) < 4.78 is 0. The zero-order valence-electron chi connectivity index (χ0n) is 7.02. The molecule has 0 bridgehead atoms. The zero-order chi connectivity index (χ0) is 8.23. The molecule has 0 N–H and O–H groups in total. The zero-order valence-corrected chi connectivity index (χ0v) is 8.20. The van der Waals surface area contributed by atoms with Crippen LogP contribution in [0.3, 0.4) is 0 Å². The maximum Gasteiger partial charge on any atom is 0.0273 e. The molecule has 0 saturated carbocycles. The van der Waals surface area contributed by atoms with Crippen LogP contribution in [0.25, 0.3) is 11.1 Å². The molecule has 0 fully saturated rings. The number of aromatic nitrogens is 1. The molecule has 0 amide bonds. The van der Waals surface area contributed by atoms with Gasteiger partial charge in [-0.05, 0) is 23.3 Å². The topological polar surface area (TPSA) is 12.9 Å². The molecule has 1 radical (unpaired) electrons. The second kappa shape index (κ2) is 4.80. The first kappa shape index (κ1) is 9.97. The normalized spacial score (nSPS) is 8.92. The Morgan fingerprint density at radius 2 is 1.23 bits per heavy atom. The average Bonchev–Trinajstić information content (AvgIpc) is 2.21. The maximum absolute atomic E-state index is 3.97. The summed E-state index contributed by atoms with van der Waals surface area (Å²) in [5, 5.41) is 0. The Kier molecular flexibility index (Phi) is 3.69. The van der Waals surface area contributed by atoms with Crippen LogP contribution in [0.4, 0.5) is 0 Å². The third kappa shape index (κ3) is 2.41. The van der Waals surface area contributed by atoms with Gasteiger partial charge in [0.2, 0.25) is 0 Å². The molecule has 13 heavy (non-hydrogen) atoms. The minimum Gasteiger partial charge on any atom is -0.265 e. The van der Waals surface area contributed by atoms with E-state index in [1.807, 2.05) is 42.7 Å². The predicted molar refractivity (Wildman–Crippen MR) is 49.7 cm³/mol. The average molecular weight is 210 g/mol. The quantitative estimate of drug-likeness (QED) is 0.659. The van der Waals surface area contributed by atoms with Crippen molar-refractivity contribution in [3.05, 3.63) is 54.9 Å². The van der Waals surface area contributed by atoms with E-state index >= 15 is 0 Å². The van der Waals surface area contributed by atoms with Crippen molar-refractivity contribution in [3.63, 3.8) is 0 Å². The molecule has 2 rings (SSSR count). The summed E-state index contributed by atoms with van der Waals surface area (Å²) in [4.78, 5) is 3.97. The van der Waals surface area contributed by atoms with Gasteiger partial charge in [0.25, 0.3) is 0 Å². The summed E-state index contributed by atoms with van der Waals surface area (Å²) in [6.07, 6.45) is 3.62. The number of nitrogens with zero attached hydrogens (tertiary/aromatic N) is 1. The fraction of sp³-hybridized carbons (Fsp3) is 0. The molecule has 0 unspecified atom stereocenters. The number of rotatable bonds is 1. The minimum absolute atomic E-state index is 0. The van der Waals surface area contributed by atoms with E-state index in [2.05, 4.69) is 17.1 Å². The second-order valence-electron chi connectivity index (χ2n) is 2.60. The fourth-order valence-electron chi connectivity index (χ4n) is 1.17. The Balaban J connectivity index is 0.000000845. The number of benzene rings is 1. The van der Waals surface area contributed by atoms with Gasteiger partial charge >= 0.3 is 0 Å². The van der Waals surface area contributed by atoms with Crippen LogP contribution in [-0.2, 0) is 17.1 Å². The molecule has 0 spiro atoms. The SMILES string of the molecule is [Mn].c1ccc(-c2ccncc2)cc1. The van der Waals surface area contributed by atoms with Crippen LogP contribution in [0.1, 0.15) is 0 Å². The summed E-state index contributed by atoms with van der Waals surface area (Å²) in [5.41, 5.74) is 2.45. The maximum atomic E-state index is 3.97. The number of hydrogen-bond acceptors (Lipinski definition) is 1. The smallest absolute Gasteiger partial charge is 0.0273 e. The van der Waals surface area contributed by atoms with Crippen molar-refractivity contribution < 1.29 is 17.1 Å². The first-order valence-electron chi connectivity index (χ1n) is 3.92. The third-order valence-electron chi connectivity index (χ3n) is 1.79. The van der Waals surface area contributed by atoms with E-state index in [1.165, 1.54) is 11.1 Å². The van der Waals surface area contributed by atoms with Crippen molar-refractivity contribution in [1.82, 2.24) is 4.98 Å². The van der Waals surface area contributed by atoms with Crippen LogP contribution in [0.15, 0.2) is 54.9 Å². The Labute approximate surface area is 88.3 Å². The van der Waals surface area contributed by atoms with Gasteiger partial charge in [0.1, 0.15) is 0 Å². The van der Waals surface area contributed by atoms with Crippen molar-refractivity contribution in [2.75, 3.05) is 0 Å². The summed E-state index contributed by atoms with van der Waals surface area (Å²) in [6.45, 7) is 0. The Bertz CT molecular complexity index is 307. The van der Waals surface area contributed by atoms with E-state index in [9.17, 15) is 0 Å². The molecular weight excluding hydrogens is 201 g/mol. The van der Waals surface area contributed by atoms with Crippen LogP contribution in [0, 0.1) is 0 Å². The molecule has 2 aromatic rings. The van der Waals surface area contributed by atoms with Crippen LogP contribution < -0.4 is 0 Å². The monoisotopic (exact) mass is 210 g/mol. The van der Waals surface area contributed by atoms with E-state index in [0.717, 1.165) is 0 Å². The predicted octanol–water partition coefficient (Wildman–Crippen LogP) is 2.75. The van der Waals surface area contributed by atoms with Gasteiger partial charge < -0.3 is 0 Å². The van der Waals surface area contributed by atoms with Gasteiger partial charge in [-0.15, -0.1) is 0 Å². The van der Waals surface area contributed by atoms with Crippen molar-refractivity contribution in [2.24, 2.45) is 0 Å². The van der Waals surface area contributed by atoms with Gasteiger partial charge in [0.15, 0.2) is 0 Å². The van der Waals surface area contributed by atoms with E-state index in [1.54, 1.807) is 0 Å². The summed E-state index contributed by atoms with van der Waals surface area (Å²) in [7, 11) is 0. The first-order chi connectivity index (χ1) is 5.97. The Hall–Kier alpha value is -1.11. The summed E-state index contributed by atoms with van der Waals surface area (Å²) in [5.74, 6) is 0. The largest absolute Gasteiger partial charge is 0.265 e. The molecule has 1 heterocycles. The third-order valence-corrected chi connectivity index (χ3v) is 1.79. The molecule has 0 saturated heterocycles. The van der Waals surface area contributed by atoms with Gasteiger partial charge in [0.05, 0.1) is 0 Å². The van der Waals surface area contributed by atoms with Crippen molar-refractivity contribution >= 4 is 0 Å². The van der Waals surface area contributed by atoms with Crippen molar-refractivity contribution in [1.29, 1.82) is 0 Å². The summed E-state index contributed by atoms with van der Waals surface area (Å²) in [6, 6.07) is 14.3. The van der Waals surface area contributed by atoms with Crippen LogP contribution in [-0.4, -0.2) is 4.98 Å². The second-order valence-corrected chi connectivity index (χ2v) is 2.60. The van der Waals surface area contributed by atoms with Gasteiger partial charge in [-0.2, -0.15) is 0 Å². The molecule has 1 aromatic heterocycles. The molecule has 0 aliphatic rings. The number of pyridine rings is 1. The van der Waals surface area contributed by atoms with Crippen molar-refractivity contribution in [2.45, 2.75) is 0 Å². The van der Waals surface area contributed by atoms with E-state index < -0.39 is 0 Å². The van der Waals surface area contributed by atoms with Gasteiger partial charge in [0, 0.05) is 29.5 Å². The van der Waals surface area contributed by atoms with E-state index in [-0.39, 0.29) is 17.1 Å². The van der Waals surface area contributed by atoms with Crippen molar-refractivity contribution in [3.8, 4) is 11.1 Å². The minimum atomic E-state index is 0. The van der Waals surface area contributed by atoms with Crippen LogP contribution >= 0.6 is 0 Å². The standard InChI is InChI=1S/C11H9N.Mn/c1-2-4-10(5-3-1)11-6-8-12-9-7-11;/h1-9H;. The fourth-order valence-corrected chi connectivity index (χ4v) is 1.17. The molecular formula is C11H9MnN. The summed E-state index contributed by atoms with van der Waals surface area (Å²) >= 11 is 0. The molecule has 0 aliphatic heterocycles. The first-order valence-corrected chi connectivity index (χ1v) is 3.92. The molecule has 0 atom stereocenters. The van der Waals surface area contributed by atoms with Gasteiger partial charge in [-0.1, -0.05) is 30.3 Å². The van der Waals surface area contributed by atoms with E-state index in [0.29, 0.717) is 0 Å². The van der Waals surface area contributed by atoms with E-state index in [4.69, 9.17) is 0 Å². The Morgan fingerprint density at radius 1 is 0.692 bits per heavy atom. The molecule has 1 aromatic carbocycles. The molecule has 2 heteroatoms. The van der Waals surface area contributed by atoms with Gasteiger partial charge in [-0.25, -0.2) is 0 Å². The molecule has 65 valence electrons. The van der Waals surface area contributed by atoms with Gasteiger partial charge in [-0.3, -0.25) is 4.98 Å². The molecule has 1 nitrogen and oxygen atoms in total. The Morgan fingerprint density at radius 3 is 1.85 bits per heavy atom. The van der Waals surface area contributed by atoms with Crippen LogP contribution in [0.5, 0.6) is 0 Å². The molecule has 0 aliphatic carbocycles. The van der Waals surface area contributed by atoms with Crippen LogP contribution in [0.2, 0.25) is 0 Å². The number of hydrogen-bond donors (Lipinski definition) is 0.